The number of nitrogens with zero attached hydrogens (tertiary/aromatic N) is 3. The average Bonchev–Trinajstić information content (AvgIpc) is 3.09. The van der Waals surface area contributed by atoms with Crippen molar-refractivity contribution in [2.75, 3.05) is 19.7 Å². The van der Waals surface area contributed by atoms with Gasteiger partial charge in [0.05, 0.1) is 28.2 Å². The van der Waals surface area contributed by atoms with Crippen LogP contribution in [0.2, 0.25) is 0 Å². The number of pyridine rings is 1. The molecule has 11 heteroatoms. The zero-order valence-corrected chi connectivity index (χ0v) is 17.9. The fraction of sp³-hybridized carbons (Fsp3) is 0.273. The van der Waals surface area contributed by atoms with Crippen molar-refractivity contribution >= 4 is 11.8 Å². The van der Waals surface area contributed by atoms with Crippen molar-refractivity contribution in [3.63, 3.8) is 0 Å². The summed E-state index contributed by atoms with van der Waals surface area (Å²) in [7, 11) is 0. The van der Waals surface area contributed by atoms with Crippen LogP contribution < -0.4 is 15.4 Å². The summed E-state index contributed by atoms with van der Waals surface area (Å²) >= 11 is 0. The van der Waals surface area contributed by atoms with Gasteiger partial charge in [-0.3, -0.25) is 9.59 Å². The fourth-order valence-electron chi connectivity index (χ4n) is 3.09. The van der Waals surface area contributed by atoms with Gasteiger partial charge < -0.3 is 15.4 Å². The Labute approximate surface area is 187 Å². The molecule has 0 spiro atoms. The molecule has 174 valence electrons. The van der Waals surface area contributed by atoms with Crippen molar-refractivity contribution in [2.24, 2.45) is 0 Å². The molecule has 33 heavy (non-hydrogen) atoms. The predicted octanol–water partition coefficient (Wildman–Crippen LogP) is 2.99. The monoisotopic (exact) mass is 461 g/mol. The molecule has 2 heterocycles. The highest BCUT2D eigenvalue weighted by molar-refractivity contribution is 5.96. The summed E-state index contributed by atoms with van der Waals surface area (Å²) in [5.41, 5.74) is 2.73. The Kier molecular flexibility index (Phi) is 7.31. The summed E-state index contributed by atoms with van der Waals surface area (Å²) in [4.78, 5) is 28.5. The third kappa shape index (κ3) is 6.31. The molecule has 0 fully saturated rings. The molecule has 0 aliphatic rings. The van der Waals surface area contributed by atoms with Crippen LogP contribution in [0, 0.1) is 13.8 Å². The van der Waals surface area contributed by atoms with Crippen LogP contribution in [0.5, 0.6) is 5.88 Å². The number of aryl methyl sites for hydroxylation is 1. The Bertz CT molecular complexity index is 1110. The van der Waals surface area contributed by atoms with Gasteiger partial charge in [0, 0.05) is 25.4 Å². The first kappa shape index (κ1) is 23.8. The van der Waals surface area contributed by atoms with Gasteiger partial charge in [0.15, 0.2) is 6.61 Å². The number of hydrogen-bond donors (Lipinski definition) is 2. The predicted molar refractivity (Wildman–Crippen MR) is 113 cm³/mol. The van der Waals surface area contributed by atoms with Crippen molar-refractivity contribution in [1.82, 2.24) is 25.4 Å². The second kappa shape index (κ2) is 10.2. The standard InChI is InChI=1S/C22H22F3N5O3/c1-14-19(15(2)30(29-14)17-6-4-3-5-7-17)21(32)27-11-10-26-20(31)16-8-9-18(28-12-16)33-13-22(23,24)25/h3-9,12H,10-11,13H2,1-2H3,(H,26,31)(H,27,32). The lowest BCUT2D eigenvalue weighted by atomic mass is 10.2. The summed E-state index contributed by atoms with van der Waals surface area (Å²) in [6, 6.07) is 11.9. The van der Waals surface area contributed by atoms with Crippen LogP contribution in [0.15, 0.2) is 48.7 Å². The Morgan fingerprint density at radius 3 is 2.27 bits per heavy atom. The van der Waals surface area contributed by atoms with Crippen LogP contribution in [0.25, 0.3) is 5.69 Å². The minimum absolute atomic E-state index is 0.141. The second-order valence-corrected chi connectivity index (χ2v) is 7.09. The van der Waals surface area contributed by atoms with Gasteiger partial charge >= 0.3 is 6.18 Å². The van der Waals surface area contributed by atoms with E-state index in [1.807, 2.05) is 30.3 Å². The third-order valence-corrected chi connectivity index (χ3v) is 4.60. The van der Waals surface area contributed by atoms with Crippen LogP contribution in [0.4, 0.5) is 13.2 Å². The molecule has 8 nitrogen and oxygen atoms in total. The normalized spacial score (nSPS) is 11.2. The van der Waals surface area contributed by atoms with Gasteiger partial charge in [-0.05, 0) is 32.0 Å². The highest BCUT2D eigenvalue weighted by Gasteiger charge is 2.28. The summed E-state index contributed by atoms with van der Waals surface area (Å²) in [5, 5.41) is 9.79. The van der Waals surface area contributed by atoms with E-state index in [-0.39, 0.29) is 30.4 Å². The maximum Gasteiger partial charge on any atom is 0.422 e. The van der Waals surface area contributed by atoms with Crippen LogP contribution in [0.1, 0.15) is 32.1 Å². The van der Waals surface area contributed by atoms with Crippen molar-refractivity contribution in [3.8, 4) is 11.6 Å². The van der Waals surface area contributed by atoms with Gasteiger partial charge in [-0.15, -0.1) is 0 Å². The summed E-state index contributed by atoms with van der Waals surface area (Å²) in [6.45, 7) is 2.40. The zero-order chi connectivity index (χ0) is 24.0. The van der Waals surface area contributed by atoms with Crippen LogP contribution >= 0.6 is 0 Å². The number of carbonyl (C=O) groups is 2. The zero-order valence-electron chi connectivity index (χ0n) is 17.9. The average molecular weight is 461 g/mol. The number of para-hydroxylation sites is 1. The number of hydrogen-bond acceptors (Lipinski definition) is 5. The quantitative estimate of drug-likeness (QED) is 0.503. The number of ether oxygens (including phenoxy) is 1. The van der Waals surface area contributed by atoms with Crippen LogP contribution in [-0.4, -0.2) is 52.5 Å². The SMILES string of the molecule is Cc1nn(-c2ccccc2)c(C)c1C(=O)NCCNC(=O)c1ccc(OCC(F)(F)F)nc1. The summed E-state index contributed by atoms with van der Waals surface area (Å²) in [5.74, 6) is -1.03. The molecule has 1 aromatic carbocycles. The maximum absolute atomic E-state index is 12.6. The Hall–Kier alpha value is -3.89. The van der Waals surface area contributed by atoms with Gasteiger partial charge in [-0.2, -0.15) is 18.3 Å². The lowest BCUT2D eigenvalue weighted by Gasteiger charge is -2.09. The van der Waals surface area contributed by atoms with E-state index in [1.165, 1.54) is 12.1 Å². The molecule has 3 rings (SSSR count). The van der Waals surface area contributed by atoms with E-state index in [0.29, 0.717) is 17.0 Å². The van der Waals surface area contributed by atoms with E-state index in [0.717, 1.165) is 11.9 Å². The Balaban J connectivity index is 1.50. The molecule has 3 aromatic rings. The Morgan fingerprint density at radius 2 is 1.67 bits per heavy atom. The molecule has 0 bridgehead atoms. The first-order valence-corrected chi connectivity index (χ1v) is 9.99. The van der Waals surface area contributed by atoms with E-state index in [4.69, 9.17) is 0 Å². The molecule has 0 atom stereocenters. The number of alkyl halides is 3. The highest BCUT2D eigenvalue weighted by atomic mass is 19.4. The molecule has 0 aliphatic carbocycles. The summed E-state index contributed by atoms with van der Waals surface area (Å²) < 4.78 is 42.7. The van der Waals surface area contributed by atoms with Crippen LogP contribution in [-0.2, 0) is 0 Å². The molecule has 2 aromatic heterocycles. The van der Waals surface area contributed by atoms with E-state index < -0.39 is 18.7 Å². The minimum Gasteiger partial charge on any atom is -0.468 e. The van der Waals surface area contributed by atoms with Crippen molar-refractivity contribution < 1.29 is 27.5 Å². The first-order chi connectivity index (χ1) is 15.7. The van der Waals surface area contributed by atoms with E-state index >= 15 is 0 Å². The molecule has 0 saturated heterocycles. The lowest BCUT2D eigenvalue weighted by Crippen LogP contribution is -2.35. The number of carbonyl (C=O) groups excluding carboxylic acids is 2. The minimum atomic E-state index is -4.47. The number of halogens is 3. The number of rotatable bonds is 8. The molecule has 2 N–H and O–H groups in total. The van der Waals surface area contributed by atoms with E-state index in [1.54, 1.807) is 18.5 Å². The topological polar surface area (TPSA) is 98.1 Å². The highest BCUT2D eigenvalue weighted by Crippen LogP contribution is 2.18. The molecule has 0 aliphatic heterocycles. The number of amides is 2. The van der Waals surface area contributed by atoms with Gasteiger partial charge in [-0.25, -0.2) is 9.67 Å². The first-order valence-electron chi connectivity index (χ1n) is 9.99. The molecule has 0 unspecified atom stereocenters. The van der Waals surface area contributed by atoms with Crippen LogP contribution in [0.3, 0.4) is 0 Å². The van der Waals surface area contributed by atoms with Gasteiger partial charge in [-0.1, -0.05) is 18.2 Å². The van der Waals surface area contributed by atoms with Gasteiger partial charge in [0.25, 0.3) is 11.8 Å². The van der Waals surface area contributed by atoms with Gasteiger partial charge in [0.2, 0.25) is 5.88 Å². The van der Waals surface area contributed by atoms with E-state index in [9.17, 15) is 22.8 Å². The smallest absolute Gasteiger partial charge is 0.422 e. The lowest BCUT2D eigenvalue weighted by molar-refractivity contribution is -0.154. The molecule has 2 amide bonds. The van der Waals surface area contributed by atoms with Crippen molar-refractivity contribution in [2.45, 2.75) is 20.0 Å². The van der Waals surface area contributed by atoms with Gasteiger partial charge in [0.1, 0.15) is 0 Å². The van der Waals surface area contributed by atoms with Crippen molar-refractivity contribution in [3.05, 3.63) is 71.2 Å². The summed E-state index contributed by atoms with van der Waals surface area (Å²) in [6.07, 6.45) is -3.36. The fourth-order valence-corrected chi connectivity index (χ4v) is 3.09. The largest absolute Gasteiger partial charge is 0.468 e. The molecular formula is C22H22F3N5O3. The number of aromatic nitrogens is 3. The second-order valence-electron chi connectivity index (χ2n) is 7.09. The molecule has 0 saturated carbocycles. The van der Waals surface area contributed by atoms with E-state index in [2.05, 4.69) is 25.5 Å². The maximum atomic E-state index is 12.6. The Morgan fingerprint density at radius 1 is 1.00 bits per heavy atom. The third-order valence-electron chi connectivity index (χ3n) is 4.60. The molecule has 0 radical (unpaired) electrons. The number of nitrogens with one attached hydrogen (secondary N) is 2. The number of benzene rings is 1. The van der Waals surface area contributed by atoms with Crippen molar-refractivity contribution in [1.29, 1.82) is 0 Å². The molecular weight excluding hydrogens is 439 g/mol.